The summed E-state index contributed by atoms with van der Waals surface area (Å²) < 4.78 is 1.96. The van der Waals surface area contributed by atoms with Gasteiger partial charge in [0.15, 0.2) is 0 Å². The van der Waals surface area contributed by atoms with E-state index in [1.54, 1.807) is 30.5 Å². The molecule has 0 aliphatic carbocycles. The molecule has 1 unspecified atom stereocenters. The van der Waals surface area contributed by atoms with E-state index in [1.807, 2.05) is 29.8 Å². The van der Waals surface area contributed by atoms with Gasteiger partial charge in [0.2, 0.25) is 0 Å². The van der Waals surface area contributed by atoms with Gasteiger partial charge in [0.1, 0.15) is 5.82 Å². The predicted molar refractivity (Wildman–Crippen MR) is 75.7 cm³/mol. The highest BCUT2D eigenvalue weighted by Gasteiger charge is 2.12. The van der Waals surface area contributed by atoms with Crippen LogP contribution in [0.4, 0.5) is 0 Å². The Morgan fingerprint density at radius 2 is 2.10 bits per heavy atom. The largest absolute Gasteiger partial charge is 0.387 e. The van der Waals surface area contributed by atoms with Gasteiger partial charge in [-0.3, -0.25) is 4.90 Å². The number of hydrogen-bond donors (Lipinski definition) is 1. The summed E-state index contributed by atoms with van der Waals surface area (Å²) in [6, 6.07) is 9.08. The van der Waals surface area contributed by atoms with Crippen LogP contribution in [0.3, 0.4) is 0 Å². The first kappa shape index (κ1) is 14.3. The first-order chi connectivity index (χ1) is 9.60. The number of aliphatic hydroxyl groups is 1. The predicted octanol–water partition coefficient (Wildman–Crippen LogP) is 1.46. The first-order valence-electron chi connectivity index (χ1n) is 6.43. The molecule has 0 saturated heterocycles. The number of nitriles is 1. The van der Waals surface area contributed by atoms with Crippen LogP contribution in [0.2, 0.25) is 0 Å². The standard InChI is InChI=1S/C15H18N4O/c1-18(11-15-17-7-8-19(15)2)10-14(20)13-5-3-12(9-16)4-6-13/h3-8,14,20H,10-11H2,1-2H3. The molecule has 1 aromatic carbocycles. The molecule has 0 bridgehead atoms. The van der Waals surface area contributed by atoms with Gasteiger partial charge in [0, 0.05) is 26.0 Å². The monoisotopic (exact) mass is 270 g/mol. The molecular formula is C15H18N4O. The van der Waals surface area contributed by atoms with Crippen LogP contribution in [0.5, 0.6) is 0 Å². The maximum Gasteiger partial charge on any atom is 0.122 e. The molecule has 1 N–H and O–H groups in total. The fourth-order valence-corrected chi connectivity index (χ4v) is 2.04. The summed E-state index contributed by atoms with van der Waals surface area (Å²) in [6.07, 6.45) is 3.09. The van der Waals surface area contributed by atoms with Crippen LogP contribution in [-0.4, -0.2) is 33.1 Å². The molecule has 1 atom stereocenters. The molecule has 0 aliphatic heterocycles. The van der Waals surface area contributed by atoms with E-state index in [1.165, 1.54) is 0 Å². The zero-order valence-corrected chi connectivity index (χ0v) is 11.7. The zero-order valence-electron chi connectivity index (χ0n) is 11.7. The Hall–Kier alpha value is -2.16. The number of imidazole rings is 1. The van der Waals surface area contributed by atoms with Crippen molar-refractivity contribution in [3.8, 4) is 6.07 Å². The van der Waals surface area contributed by atoms with Crippen molar-refractivity contribution in [2.75, 3.05) is 13.6 Å². The van der Waals surface area contributed by atoms with E-state index in [9.17, 15) is 5.11 Å². The van der Waals surface area contributed by atoms with Crippen LogP contribution in [0.25, 0.3) is 0 Å². The van der Waals surface area contributed by atoms with E-state index in [4.69, 9.17) is 5.26 Å². The minimum Gasteiger partial charge on any atom is -0.387 e. The smallest absolute Gasteiger partial charge is 0.122 e. The van der Waals surface area contributed by atoms with Crippen molar-refractivity contribution >= 4 is 0 Å². The summed E-state index contributed by atoms with van der Waals surface area (Å²) in [5.74, 6) is 0.958. The molecule has 0 amide bonds. The van der Waals surface area contributed by atoms with Crippen molar-refractivity contribution in [3.05, 3.63) is 53.6 Å². The number of benzene rings is 1. The Labute approximate surface area is 118 Å². The van der Waals surface area contributed by atoms with Gasteiger partial charge in [-0.05, 0) is 24.7 Å². The quantitative estimate of drug-likeness (QED) is 0.893. The molecule has 2 aromatic rings. The second-order valence-electron chi connectivity index (χ2n) is 4.90. The minimum absolute atomic E-state index is 0.513. The normalized spacial score (nSPS) is 12.3. The van der Waals surface area contributed by atoms with Gasteiger partial charge in [-0.15, -0.1) is 0 Å². The molecule has 20 heavy (non-hydrogen) atoms. The third kappa shape index (κ3) is 3.44. The Bertz CT molecular complexity index is 597. The van der Waals surface area contributed by atoms with Gasteiger partial charge in [-0.1, -0.05) is 12.1 Å². The van der Waals surface area contributed by atoms with E-state index >= 15 is 0 Å². The van der Waals surface area contributed by atoms with Crippen molar-refractivity contribution in [1.29, 1.82) is 5.26 Å². The molecule has 1 heterocycles. The molecule has 1 aromatic heterocycles. The molecule has 5 nitrogen and oxygen atoms in total. The van der Waals surface area contributed by atoms with Gasteiger partial charge in [-0.25, -0.2) is 4.98 Å². The highest BCUT2D eigenvalue weighted by atomic mass is 16.3. The Morgan fingerprint density at radius 3 is 2.65 bits per heavy atom. The van der Waals surface area contributed by atoms with E-state index in [-0.39, 0.29) is 0 Å². The van der Waals surface area contributed by atoms with E-state index in [0.29, 0.717) is 18.7 Å². The third-order valence-corrected chi connectivity index (χ3v) is 3.24. The molecule has 2 rings (SSSR count). The summed E-state index contributed by atoms with van der Waals surface area (Å²) >= 11 is 0. The van der Waals surface area contributed by atoms with E-state index in [2.05, 4.69) is 11.1 Å². The Morgan fingerprint density at radius 1 is 1.40 bits per heavy atom. The summed E-state index contributed by atoms with van der Waals surface area (Å²) in [6.45, 7) is 1.19. The first-order valence-corrected chi connectivity index (χ1v) is 6.43. The second-order valence-corrected chi connectivity index (χ2v) is 4.90. The third-order valence-electron chi connectivity index (χ3n) is 3.24. The number of aryl methyl sites for hydroxylation is 1. The molecule has 5 heteroatoms. The fraction of sp³-hybridized carbons (Fsp3) is 0.333. The zero-order chi connectivity index (χ0) is 14.5. The summed E-state index contributed by atoms with van der Waals surface area (Å²) in [5.41, 5.74) is 1.41. The summed E-state index contributed by atoms with van der Waals surface area (Å²) in [7, 11) is 3.90. The molecule has 0 spiro atoms. The maximum atomic E-state index is 10.2. The number of aromatic nitrogens is 2. The van der Waals surface area contributed by atoms with Gasteiger partial charge in [0.05, 0.1) is 24.3 Å². The summed E-state index contributed by atoms with van der Waals surface area (Å²) in [4.78, 5) is 6.28. The molecule has 0 aliphatic rings. The van der Waals surface area contributed by atoms with Gasteiger partial charge < -0.3 is 9.67 Å². The molecular weight excluding hydrogens is 252 g/mol. The Kier molecular flexibility index (Phi) is 4.51. The second kappa shape index (κ2) is 6.33. The van der Waals surface area contributed by atoms with Crippen LogP contribution in [-0.2, 0) is 13.6 Å². The topological polar surface area (TPSA) is 65.1 Å². The van der Waals surface area contributed by atoms with Gasteiger partial charge in [0.25, 0.3) is 0 Å². The van der Waals surface area contributed by atoms with E-state index < -0.39 is 6.10 Å². The van der Waals surface area contributed by atoms with Gasteiger partial charge in [-0.2, -0.15) is 5.26 Å². The van der Waals surface area contributed by atoms with Crippen molar-refractivity contribution < 1.29 is 5.11 Å². The number of likely N-dealkylation sites (N-methyl/N-ethyl adjacent to an activating group) is 1. The lowest BCUT2D eigenvalue weighted by Crippen LogP contribution is -2.25. The summed E-state index contributed by atoms with van der Waals surface area (Å²) in [5, 5.41) is 19.0. The van der Waals surface area contributed by atoms with E-state index in [0.717, 1.165) is 11.4 Å². The lowest BCUT2D eigenvalue weighted by Gasteiger charge is -2.20. The van der Waals surface area contributed by atoms with Crippen LogP contribution in [0, 0.1) is 11.3 Å². The van der Waals surface area contributed by atoms with Crippen molar-refractivity contribution in [2.24, 2.45) is 7.05 Å². The number of nitrogens with zero attached hydrogens (tertiary/aromatic N) is 4. The van der Waals surface area contributed by atoms with Crippen molar-refractivity contribution in [2.45, 2.75) is 12.6 Å². The molecule has 104 valence electrons. The number of aliphatic hydroxyl groups excluding tert-OH is 1. The highest BCUT2D eigenvalue weighted by Crippen LogP contribution is 2.15. The fourth-order valence-electron chi connectivity index (χ4n) is 2.04. The van der Waals surface area contributed by atoms with Crippen LogP contribution < -0.4 is 0 Å². The SMILES string of the molecule is CN(Cc1nccn1C)CC(O)c1ccc(C#N)cc1. The lowest BCUT2D eigenvalue weighted by molar-refractivity contribution is 0.122. The Balaban J connectivity index is 1.95. The minimum atomic E-state index is -0.576. The number of rotatable bonds is 5. The highest BCUT2D eigenvalue weighted by molar-refractivity contribution is 5.32. The lowest BCUT2D eigenvalue weighted by atomic mass is 10.1. The molecule has 0 fully saturated rings. The molecule has 0 radical (unpaired) electrons. The average Bonchev–Trinajstić information content (AvgIpc) is 2.84. The van der Waals surface area contributed by atoms with Crippen LogP contribution >= 0.6 is 0 Å². The van der Waals surface area contributed by atoms with Gasteiger partial charge >= 0.3 is 0 Å². The van der Waals surface area contributed by atoms with Crippen LogP contribution in [0.15, 0.2) is 36.7 Å². The molecule has 0 saturated carbocycles. The average molecular weight is 270 g/mol. The van der Waals surface area contributed by atoms with Crippen molar-refractivity contribution in [3.63, 3.8) is 0 Å². The maximum absolute atomic E-state index is 10.2. The number of hydrogen-bond acceptors (Lipinski definition) is 4. The van der Waals surface area contributed by atoms with Crippen LogP contribution in [0.1, 0.15) is 23.1 Å². The van der Waals surface area contributed by atoms with Crippen molar-refractivity contribution in [1.82, 2.24) is 14.5 Å².